The minimum atomic E-state index is -0.945. The first-order valence-corrected chi connectivity index (χ1v) is 13.0. The number of nitrogens with one attached hydrogen (secondary N) is 1. The highest BCUT2D eigenvalue weighted by Gasteiger charge is 2.16. The number of aliphatic carboxylic acids is 1. The lowest BCUT2D eigenvalue weighted by molar-refractivity contribution is -0.136. The molecule has 1 atom stereocenters. The number of ether oxygens (including phenoxy) is 1. The number of hydrogen-bond acceptors (Lipinski definition) is 4. The predicted molar refractivity (Wildman–Crippen MR) is 147 cm³/mol. The van der Waals surface area contributed by atoms with Crippen molar-refractivity contribution in [3.05, 3.63) is 83.6 Å². The molecule has 0 spiro atoms. The molecule has 0 bridgehead atoms. The largest absolute Gasteiger partial charge is 0.486 e. The normalized spacial score (nSPS) is 12.1. The van der Waals surface area contributed by atoms with Crippen LogP contribution in [-0.2, 0) is 10.2 Å². The van der Waals surface area contributed by atoms with Gasteiger partial charge in [-0.25, -0.2) is 0 Å². The summed E-state index contributed by atoms with van der Waals surface area (Å²) in [6, 6.07) is 19.6. The first-order valence-electron chi connectivity index (χ1n) is 13.0. The fourth-order valence-electron chi connectivity index (χ4n) is 4.02. The number of nitrogens with zero attached hydrogens (tertiary/aromatic N) is 1. The fraction of sp³-hybridized carbons (Fsp3) is 0.387. The van der Waals surface area contributed by atoms with Crippen molar-refractivity contribution >= 4 is 11.9 Å². The highest BCUT2D eigenvalue weighted by atomic mass is 16.5. The van der Waals surface area contributed by atoms with Crippen molar-refractivity contribution in [3.63, 3.8) is 0 Å². The molecule has 0 aliphatic heterocycles. The van der Waals surface area contributed by atoms with Gasteiger partial charge >= 0.3 is 5.97 Å². The molecule has 0 aliphatic carbocycles. The molecule has 1 aromatic heterocycles. The van der Waals surface area contributed by atoms with Crippen LogP contribution in [0.25, 0.3) is 11.3 Å². The summed E-state index contributed by atoms with van der Waals surface area (Å²) in [6.45, 7) is 8.89. The van der Waals surface area contributed by atoms with Crippen molar-refractivity contribution in [1.29, 1.82) is 0 Å². The number of amides is 1. The Morgan fingerprint density at radius 1 is 0.973 bits per heavy atom. The monoisotopic (exact) mass is 502 g/mol. The van der Waals surface area contributed by atoms with Crippen LogP contribution < -0.4 is 10.1 Å². The molecule has 1 amide bonds. The van der Waals surface area contributed by atoms with E-state index in [9.17, 15) is 9.59 Å². The Morgan fingerprint density at radius 3 is 2.24 bits per heavy atom. The molecule has 0 aliphatic rings. The van der Waals surface area contributed by atoms with E-state index in [1.807, 2.05) is 12.3 Å². The van der Waals surface area contributed by atoms with Crippen molar-refractivity contribution in [1.82, 2.24) is 10.3 Å². The average molecular weight is 503 g/mol. The topological polar surface area (TPSA) is 88.5 Å². The van der Waals surface area contributed by atoms with Crippen LogP contribution in [0.15, 0.2) is 66.9 Å². The summed E-state index contributed by atoms with van der Waals surface area (Å²) >= 11 is 0. The summed E-state index contributed by atoms with van der Waals surface area (Å²) in [7, 11) is 0. The number of carbonyl (C=O) groups excluding carboxylic acids is 1. The number of aromatic nitrogens is 1. The van der Waals surface area contributed by atoms with E-state index in [1.165, 1.54) is 5.56 Å². The zero-order valence-corrected chi connectivity index (χ0v) is 22.3. The van der Waals surface area contributed by atoms with Crippen molar-refractivity contribution in [2.45, 2.75) is 71.3 Å². The van der Waals surface area contributed by atoms with Crippen molar-refractivity contribution < 1.29 is 19.4 Å². The molecule has 196 valence electrons. The molecule has 6 heteroatoms. The first-order chi connectivity index (χ1) is 17.7. The van der Waals surface area contributed by atoms with Gasteiger partial charge in [-0.2, -0.15) is 0 Å². The van der Waals surface area contributed by atoms with Gasteiger partial charge in [0.15, 0.2) is 0 Å². The van der Waals surface area contributed by atoms with E-state index in [0.717, 1.165) is 42.5 Å². The lowest BCUT2D eigenvalue weighted by atomic mass is 9.86. The van der Waals surface area contributed by atoms with E-state index >= 15 is 0 Å². The molecule has 6 nitrogen and oxygen atoms in total. The number of unbranched alkanes of at least 4 members (excludes halogenated alkanes) is 2. The standard InChI is InChI=1S/C31H38N2O4/c1-5-6-7-8-28(37-26-16-11-23(12-17-26)30(36)32-20-19-29(34)35)24-13-18-27(33-21-24)22-9-14-25(15-10-22)31(2,3)4/h9-18,21,28H,5-8,19-20H2,1-4H3,(H,32,36)(H,34,35)/t28-/m1/s1. The maximum Gasteiger partial charge on any atom is 0.305 e. The molecule has 2 N–H and O–H groups in total. The van der Waals surface area contributed by atoms with Crippen LogP contribution >= 0.6 is 0 Å². The zero-order chi connectivity index (χ0) is 26.8. The van der Waals surface area contributed by atoms with Gasteiger partial charge in [0.25, 0.3) is 5.91 Å². The van der Waals surface area contributed by atoms with Gasteiger partial charge in [0.2, 0.25) is 0 Å². The summed E-state index contributed by atoms with van der Waals surface area (Å²) < 4.78 is 6.34. The molecule has 37 heavy (non-hydrogen) atoms. The molecular weight excluding hydrogens is 464 g/mol. The van der Waals surface area contributed by atoms with E-state index in [0.29, 0.717) is 11.3 Å². The van der Waals surface area contributed by atoms with E-state index in [4.69, 9.17) is 14.8 Å². The van der Waals surface area contributed by atoms with Gasteiger partial charge in [-0.1, -0.05) is 70.9 Å². The van der Waals surface area contributed by atoms with Gasteiger partial charge in [0.1, 0.15) is 11.9 Å². The van der Waals surface area contributed by atoms with Crippen LogP contribution in [0.3, 0.4) is 0 Å². The molecule has 0 saturated carbocycles. The number of benzene rings is 2. The summed E-state index contributed by atoms with van der Waals surface area (Å²) in [6.07, 6.45) is 5.80. The number of carbonyl (C=O) groups is 2. The van der Waals surface area contributed by atoms with Crippen LogP contribution in [-0.4, -0.2) is 28.5 Å². The van der Waals surface area contributed by atoms with E-state index in [-0.39, 0.29) is 30.4 Å². The zero-order valence-electron chi connectivity index (χ0n) is 22.3. The summed E-state index contributed by atoms with van der Waals surface area (Å²) in [5, 5.41) is 11.3. The Bertz CT molecular complexity index is 1150. The van der Waals surface area contributed by atoms with Crippen LogP contribution in [0.1, 0.15) is 87.4 Å². The third-order valence-corrected chi connectivity index (χ3v) is 6.29. The second kappa shape index (κ2) is 13.0. The number of pyridine rings is 1. The highest BCUT2D eigenvalue weighted by Crippen LogP contribution is 2.29. The lowest BCUT2D eigenvalue weighted by Crippen LogP contribution is -2.25. The van der Waals surface area contributed by atoms with E-state index in [1.54, 1.807) is 24.3 Å². The highest BCUT2D eigenvalue weighted by molar-refractivity contribution is 5.94. The Balaban J connectivity index is 1.70. The third-order valence-electron chi connectivity index (χ3n) is 6.29. The molecule has 0 unspecified atom stereocenters. The molecular formula is C31H38N2O4. The number of rotatable bonds is 12. The maximum absolute atomic E-state index is 12.2. The van der Waals surface area contributed by atoms with Gasteiger partial charge in [0.05, 0.1) is 12.1 Å². The number of carboxylic acids is 1. The average Bonchev–Trinajstić information content (AvgIpc) is 2.88. The van der Waals surface area contributed by atoms with E-state index < -0.39 is 5.97 Å². The molecule has 0 fully saturated rings. The first kappa shape index (κ1) is 27.9. The van der Waals surface area contributed by atoms with Gasteiger partial charge in [-0.05, 0) is 54.2 Å². The Morgan fingerprint density at radius 2 is 1.68 bits per heavy atom. The Labute approximate surface area is 220 Å². The van der Waals surface area contributed by atoms with Crippen LogP contribution in [0.5, 0.6) is 5.75 Å². The van der Waals surface area contributed by atoms with Gasteiger partial charge in [0, 0.05) is 29.4 Å². The molecule has 0 saturated heterocycles. The van der Waals surface area contributed by atoms with Crippen molar-refractivity contribution in [3.8, 4) is 17.0 Å². The SMILES string of the molecule is CCCCC[C@@H](Oc1ccc(C(=O)NCCC(=O)O)cc1)c1ccc(-c2ccc(C(C)(C)C)cc2)nc1. The van der Waals surface area contributed by atoms with Crippen LogP contribution in [0.4, 0.5) is 0 Å². The second-order valence-corrected chi connectivity index (χ2v) is 10.3. The minimum absolute atomic E-state index is 0.0929. The summed E-state index contributed by atoms with van der Waals surface area (Å²) in [4.78, 5) is 27.6. The molecule has 1 heterocycles. The molecule has 3 aromatic rings. The predicted octanol–water partition coefficient (Wildman–Crippen LogP) is 6.95. The smallest absolute Gasteiger partial charge is 0.305 e. The van der Waals surface area contributed by atoms with Gasteiger partial charge < -0.3 is 15.2 Å². The Kier molecular flexibility index (Phi) is 9.84. The Hall–Kier alpha value is -3.67. The number of carboxylic acid groups (broad SMARTS) is 1. The maximum atomic E-state index is 12.2. The van der Waals surface area contributed by atoms with Crippen molar-refractivity contribution in [2.24, 2.45) is 0 Å². The summed E-state index contributed by atoms with van der Waals surface area (Å²) in [5.74, 6) is -0.577. The quantitative estimate of drug-likeness (QED) is 0.262. The molecule has 3 rings (SSSR count). The molecule has 0 radical (unpaired) electrons. The number of hydrogen-bond donors (Lipinski definition) is 2. The van der Waals surface area contributed by atoms with Crippen LogP contribution in [0.2, 0.25) is 0 Å². The van der Waals surface area contributed by atoms with Crippen molar-refractivity contribution in [2.75, 3.05) is 6.54 Å². The van der Waals surface area contributed by atoms with Gasteiger partial charge in [-0.15, -0.1) is 0 Å². The van der Waals surface area contributed by atoms with Gasteiger partial charge in [-0.3, -0.25) is 14.6 Å². The third kappa shape index (κ3) is 8.45. The minimum Gasteiger partial charge on any atom is -0.486 e. The molecule has 2 aromatic carbocycles. The fourth-order valence-corrected chi connectivity index (χ4v) is 4.02. The lowest BCUT2D eigenvalue weighted by Gasteiger charge is -2.20. The summed E-state index contributed by atoms with van der Waals surface area (Å²) in [5.41, 5.74) is 4.89. The second-order valence-electron chi connectivity index (χ2n) is 10.3. The van der Waals surface area contributed by atoms with Crippen LogP contribution in [0, 0.1) is 0 Å². The van der Waals surface area contributed by atoms with E-state index in [2.05, 4.69) is 63.3 Å².